The zero-order valence-corrected chi connectivity index (χ0v) is 16.7. The Morgan fingerprint density at radius 1 is 1.36 bits per heavy atom. The van der Waals surface area contributed by atoms with Gasteiger partial charge in [0.15, 0.2) is 0 Å². The first-order chi connectivity index (χ1) is 11.7. The predicted molar refractivity (Wildman–Crippen MR) is 102 cm³/mol. The molecule has 0 aliphatic heterocycles. The number of amides is 1. The molecule has 0 unspecified atom stereocenters. The van der Waals surface area contributed by atoms with Gasteiger partial charge in [0.1, 0.15) is 0 Å². The summed E-state index contributed by atoms with van der Waals surface area (Å²) in [5, 5.41) is 8.13. The monoisotopic (exact) mass is 399 g/mol. The number of nitrogens with zero attached hydrogens (tertiary/aromatic N) is 2. The van der Waals surface area contributed by atoms with Crippen molar-refractivity contribution in [2.45, 2.75) is 30.5 Å². The van der Waals surface area contributed by atoms with E-state index in [2.05, 4.69) is 4.98 Å². The molecule has 1 amide bonds. The van der Waals surface area contributed by atoms with Gasteiger partial charge in [-0.1, -0.05) is 12.1 Å². The molecule has 2 N–H and O–H groups in total. The van der Waals surface area contributed by atoms with E-state index in [0.29, 0.717) is 11.5 Å². The molecule has 2 aromatic rings. The highest BCUT2D eigenvalue weighted by Crippen LogP contribution is 2.22. The normalized spacial score (nSPS) is 12.8. The molecule has 1 aromatic carbocycles. The van der Waals surface area contributed by atoms with Gasteiger partial charge in [0, 0.05) is 18.2 Å². The van der Waals surface area contributed by atoms with Gasteiger partial charge >= 0.3 is 0 Å². The first-order valence-electron chi connectivity index (χ1n) is 7.55. The fourth-order valence-electron chi connectivity index (χ4n) is 2.19. The van der Waals surface area contributed by atoms with Crippen LogP contribution in [0.2, 0.25) is 0 Å². The van der Waals surface area contributed by atoms with E-state index >= 15 is 0 Å². The number of carbonyl (C=O) groups excluding carboxylic acids is 1. The van der Waals surface area contributed by atoms with Gasteiger partial charge in [0.2, 0.25) is 15.9 Å². The number of hydrogen-bond donors (Lipinski definition) is 1. The Bertz CT molecular complexity index is 832. The molecule has 1 atom stereocenters. The van der Waals surface area contributed by atoms with Crippen LogP contribution in [0, 0.1) is 6.92 Å². The molecular formula is C16H21N3O3S3. The number of aromatic nitrogens is 1. The Hall–Kier alpha value is -1.42. The van der Waals surface area contributed by atoms with Gasteiger partial charge in [0.05, 0.1) is 27.4 Å². The van der Waals surface area contributed by atoms with Crippen molar-refractivity contribution < 1.29 is 13.2 Å². The third kappa shape index (κ3) is 5.53. The van der Waals surface area contributed by atoms with E-state index in [1.165, 1.54) is 23.9 Å². The van der Waals surface area contributed by atoms with Crippen molar-refractivity contribution in [2.75, 3.05) is 12.8 Å². The molecular weight excluding hydrogens is 378 g/mol. The third-order valence-electron chi connectivity index (χ3n) is 3.81. The van der Waals surface area contributed by atoms with E-state index < -0.39 is 10.0 Å². The maximum absolute atomic E-state index is 12.4. The van der Waals surface area contributed by atoms with Crippen molar-refractivity contribution in [3.63, 3.8) is 0 Å². The van der Waals surface area contributed by atoms with Gasteiger partial charge < -0.3 is 4.90 Å². The molecule has 0 radical (unpaired) electrons. The van der Waals surface area contributed by atoms with Crippen molar-refractivity contribution in [1.29, 1.82) is 0 Å². The minimum Gasteiger partial charge on any atom is -0.338 e. The average molecular weight is 400 g/mol. The second kappa shape index (κ2) is 8.31. The largest absolute Gasteiger partial charge is 0.338 e. The lowest BCUT2D eigenvalue weighted by molar-refractivity contribution is -0.128. The first-order valence-corrected chi connectivity index (χ1v) is 11.1. The van der Waals surface area contributed by atoms with Crippen LogP contribution >= 0.6 is 23.1 Å². The molecule has 0 aliphatic carbocycles. The Labute approximate surface area is 156 Å². The summed E-state index contributed by atoms with van der Waals surface area (Å²) in [5.41, 5.74) is 1.85. The fourth-order valence-corrected chi connectivity index (χ4v) is 4.27. The van der Waals surface area contributed by atoms with Crippen LogP contribution in [0.25, 0.3) is 0 Å². The molecule has 0 spiro atoms. The van der Waals surface area contributed by atoms with E-state index in [0.717, 1.165) is 16.3 Å². The van der Waals surface area contributed by atoms with Gasteiger partial charge in [-0.05, 0) is 31.5 Å². The van der Waals surface area contributed by atoms with Crippen molar-refractivity contribution >= 4 is 39.0 Å². The molecule has 9 heteroatoms. The Kier molecular flexibility index (Phi) is 6.61. The van der Waals surface area contributed by atoms with E-state index in [9.17, 15) is 13.2 Å². The minimum atomic E-state index is -3.71. The predicted octanol–water partition coefficient (Wildman–Crippen LogP) is 2.55. The van der Waals surface area contributed by atoms with Gasteiger partial charge in [-0.25, -0.2) is 18.5 Å². The summed E-state index contributed by atoms with van der Waals surface area (Å²) in [6.45, 7) is 3.86. The zero-order chi connectivity index (χ0) is 18.6. The quantitative estimate of drug-likeness (QED) is 0.772. The van der Waals surface area contributed by atoms with Crippen LogP contribution in [-0.4, -0.2) is 37.0 Å². The summed E-state index contributed by atoms with van der Waals surface area (Å²) in [4.78, 5) is 18.4. The molecule has 0 saturated carbocycles. The Morgan fingerprint density at radius 2 is 2.00 bits per heavy atom. The topological polar surface area (TPSA) is 93.4 Å². The van der Waals surface area contributed by atoms with Crippen LogP contribution in [0.3, 0.4) is 0 Å². The number of nitrogens with two attached hydrogens (primary N) is 1. The lowest BCUT2D eigenvalue weighted by Gasteiger charge is -2.25. The van der Waals surface area contributed by atoms with Gasteiger partial charge in [0.25, 0.3) is 0 Å². The summed E-state index contributed by atoms with van der Waals surface area (Å²) in [6, 6.07) is 6.11. The average Bonchev–Trinajstić information content (AvgIpc) is 2.98. The van der Waals surface area contributed by atoms with E-state index in [4.69, 9.17) is 5.14 Å². The van der Waals surface area contributed by atoms with Gasteiger partial charge in [-0.3, -0.25) is 4.79 Å². The van der Waals surface area contributed by atoms with E-state index in [1.807, 2.05) is 19.2 Å². The van der Waals surface area contributed by atoms with E-state index in [1.54, 1.807) is 35.4 Å². The van der Waals surface area contributed by atoms with Crippen molar-refractivity contribution in [3.8, 4) is 0 Å². The lowest BCUT2D eigenvalue weighted by atomic mass is 10.1. The zero-order valence-electron chi connectivity index (χ0n) is 14.3. The molecule has 6 nitrogen and oxygen atoms in total. The van der Waals surface area contributed by atoms with Crippen LogP contribution < -0.4 is 5.14 Å². The highest BCUT2D eigenvalue weighted by molar-refractivity contribution is 7.99. The smallest absolute Gasteiger partial charge is 0.238 e. The van der Waals surface area contributed by atoms with Crippen LogP contribution in [0.1, 0.15) is 29.2 Å². The number of rotatable bonds is 7. The molecule has 1 heterocycles. The minimum absolute atomic E-state index is 0.0139. The number of hydrogen-bond acceptors (Lipinski definition) is 6. The summed E-state index contributed by atoms with van der Waals surface area (Å²) in [6.07, 6.45) is 0. The summed E-state index contributed by atoms with van der Waals surface area (Å²) in [5.74, 6) is 1.09. The second-order valence-corrected chi connectivity index (χ2v) is 9.25. The molecule has 25 heavy (non-hydrogen) atoms. The number of thioether (sulfide) groups is 1. The highest BCUT2D eigenvalue weighted by atomic mass is 32.2. The fraction of sp³-hybridized carbons (Fsp3) is 0.375. The number of aryl methyl sites for hydroxylation is 1. The molecule has 1 aromatic heterocycles. The van der Waals surface area contributed by atoms with Crippen molar-refractivity contribution in [3.05, 3.63) is 45.9 Å². The van der Waals surface area contributed by atoms with Crippen molar-refractivity contribution in [2.24, 2.45) is 5.14 Å². The number of thiazole rings is 1. The first kappa shape index (κ1) is 19.9. The number of benzene rings is 1. The summed E-state index contributed by atoms with van der Waals surface area (Å²) in [7, 11) is -1.96. The van der Waals surface area contributed by atoms with Gasteiger partial charge in [-0.2, -0.15) is 0 Å². The number of sulfonamides is 1. The molecule has 0 fully saturated rings. The SMILES string of the molecule is Cc1nc(CSCC(=O)N(C)[C@H](C)c2ccc(S(N)(=O)=O)cc2)cs1. The molecule has 136 valence electrons. The molecule has 0 saturated heterocycles. The Balaban J connectivity index is 1.91. The van der Waals surface area contributed by atoms with Crippen molar-refractivity contribution in [1.82, 2.24) is 9.88 Å². The molecule has 2 rings (SSSR count). The summed E-state index contributed by atoms with van der Waals surface area (Å²) < 4.78 is 22.6. The van der Waals surface area contributed by atoms with E-state index in [-0.39, 0.29) is 16.8 Å². The standard InChI is InChI=1S/C16H21N3O3S3/c1-11(13-4-6-15(7-5-13)25(17,21)22)19(3)16(20)10-23-8-14-9-24-12(2)18-14/h4-7,9,11H,8,10H2,1-3H3,(H2,17,21,22)/t11-/m1/s1. The summed E-state index contributed by atoms with van der Waals surface area (Å²) >= 11 is 3.13. The Morgan fingerprint density at radius 3 is 2.52 bits per heavy atom. The van der Waals surface area contributed by atoms with Gasteiger partial charge in [-0.15, -0.1) is 23.1 Å². The van der Waals surface area contributed by atoms with Crippen LogP contribution in [0.4, 0.5) is 0 Å². The third-order valence-corrected chi connectivity index (χ3v) is 6.51. The number of carbonyl (C=O) groups is 1. The maximum atomic E-state index is 12.4. The second-order valence-electron chi connectivity index (χ2n) is 5.65. The van der Waals surface area contributed by atoms with Crippen LogP contribution in [0.5, 0.6) is 0 Å². The number of primary sulfonamides is 1. The molecule has 0 bridgehead atoms. The van der Waals surface area contributed by atoms with Crippen LogP contribution in [0.15, 0.2) is 34.5 Å². The molecule has 0 aliphatic rings. The van der Waals surface area contributed by atoms with Crippen LogP contribution in [-0.2, 0) is 20.6 Å². The maximum Gasteiger partial charge on any atom is 0.238 e. The highest BCUT2D eigenvalue weighted by Gasteiger charge is 2.18. The lowest BCUT2D eigenvalue weighted by Crippen LogP contribution is -2.31.